The first kappa shape index (κ1) is 13.9. The molecule has 1 N–H and O–H groups in total. The number of rotatable bonds is 4. The summed E-state index contributed by atoms with van der Waals surface area (Å²) in [4.78, 5) is 25.4. The number of carbonyl (C=O) groups excluding carboxylic acids is 2. The summed E-state index contributed by atoms with van der Waals surface area (Å²) in [5, 5.41) is 2.77. The van der Waals surface area contributed by atoms with Gasteiger partial charge in [0.25, 0.3) is 0 Å². The minimum absolute atomic E-state index is 0.0869. The number of hydrogen-bond donors (Lipinski definition) is 1. The van der Waals surface area contributed by atoms with E-state index in [4.69, 9.17) is 4.74 Å². The van der Waals surface area contributed by atoms with Gasteiger partial charge in [-0.3, -0.25) is 4.90 Å². The van der Waals surface area contributed by atoms with Crippen molar-refractivity contribution in [1.82, 2.24) is 5.32 Å². The molecule has 2 aliphatic rings. The second kappa shape index (κ2) is 5.39. The SMILES string of the molecule is Cc1cc(C(=O)OC[C@H]2C[C@H]2C)ccc1N1CCNC1=O. The lowest BCUT2D eigenvalue weighted by Crippen LogP contribution is -2.28. The van der Waals surface area contributed by atoms with Gasteiger partial charge in [0.15, 0.2) is 0 Å². The Morgan fingerprint density at radius 1 is 1.48 bits per heavy atom. The molecule has 5 heteroatoms. The summed E-state index contributed by atoms with van der Waals surface area (Å²) in [7, 11) is 0. The van der Waals surface area contributed by atoms with Crippen LogP contribution in [0.3, 0.4) is 0 Å². The first-order valence-electron chi connectivity index (χ1n) is 7.39. The fourth-order valence-corrected chi connectivity index (χ4v) is 2.68. The van der Waals surface area contributed by atoms with E-state index in [2.05, 4.69) is 12.2 Å². The van der Waals surface area contributed by atoms with Crippen LogP contribution in [0.15, 0.2) is 18.2 Å². The van der Waals surface area contributed by atoms with Gasteiger partial charge in [0, 0.05) is 18.8 Å². The highest BCUT2D eigenvalue weighted by molar-refractivity contribution is 5.96. The average Bonchev–Trinajstić information content (AvgIpc) is 3.00. The van der Waals surface area contributed by atoms with Crippen LogP contribution in [0.4, 0.5) is 10.5 Å². The Hall–Kier alpha value is -2.04. The Kier molecular flexibility index (Phi) is 3.57. The number of carbonyl (C=O) groups is 2. The number of aryl methyl sites for hydroxylation is 1. The van der Waals surface area contributed by atoms with Gasteiger partial charge in [-0.2, -0.15) is 0 Å². The summed E-state index contributed by atoms with van der Waals surface area (Å²) in [5.74, 6) is 0.924. The van der Waals surface area contributed by atoms with E-state index in [0.717, 1.165) is 17.7 Å². The van der Waals surface area contributed by atoms with Crippen molar-refractivity contribution in [3.8, 4) is 0 Å². The molecule has 0 unspecified atom stereocenters. The number of ether oxygens (including phenoxy) is 1. The first-order valence-corrected chi connectivity index (χ1v) is 7.39. The molecule has 2 amide bonds. The summed E-state index contributed by atoms with van der Waals surface area (Å²) in [6.07, 6.45) is 1.15. The third kappa shape index (κ3) is 2.86. The number of anilines is 1. The maximum absolute atomic E-state index is 12.0. The summed E-state index contributed by atoms with van der Waals surface area (Å²) < 4.78 is 5.33. The molecule has 5 nitrogen and oxygen atoms in total. The predicted molar refractivity (Wildman–Crippen MR) is 79.5 cm³/mol. The van der Waals surface area contributed by atoms with Gasteiger partial charge in [0.05, 0.1) is 12.2 Å². The zero-order chi connectivity index (χ0) is 15.0. The van der Waals surface area contributed by atoms with Gasteiger partial charge in [0.2, 0.25) is 0 Å². The zero-order valence-corrected chi connectivity index (χ0v) is 12.4. The van der Waals surface area contributed by atoms with E-state index in [0.29, 0.717) is 37.1 Å². The highest BCUT2D eigenvalue weighted by atomic mass is 16.5. The van der Waals surface area contributed by atoms with Crippen molar-refractivity contribution < 1.29 is 14.3 Å². The van der Waals surface area contributed by atoms with Crippen LogP contribution in [-0.4, -0.2) is 31.7 Å². The van der Waals surface area contributed by atoms with E-state index in [1.807, 2.05) is 13.0 Å². The van der Waals surface area contributed by atoms with E-state index in [1.54, 1.807) is 17.0 Å². The molecule has 3 rings (SSSR count). The molecule has 0 radical (unpaired) electrons. The van der Waals surface area contributed by atoms with Gasteiger partial charge < -0.3 is 10.1 Å². The van der Waals surface area contributed by atoms with Gasteiger partial charge in [-0.25, -0.2) is 9.59 Å². The molecular formula is C16H20N2O3. The van der Waals surface area contributed by atoms with Crippen molar-refractivity contribution in [3.05, 3.63) is 29.3 Å². The highest BCUT2D eigenvalue weighted by Crippen LogP contribution is 2.37. The van der Waals surface area contributed by atoms with Crippen LogP contribution in [0.5, 0.6) is 0 Å². The van der Waals surface area contributed by atoms with Crippen molar-refractivity contribution >= 4 is 17.7 Å². The second-order valence-corrected chi connectivity index (χ2v) is 5.96. The van der Waals surface area contributed by atoms with Crippen LogP contribution < -0.4 is 10.2 Å². The van der Waals surface area contributed by atoms with Crippen molar-refractivity contribution in [2.75, 3.05) is 24.6 Å². The molecule has 1 aliphatic heterocycles. The number of benzene rings is 1. The third-order valence-electron chi connectivity index (χ3n) is 4.28. The van der Waals surface area contributed by atoms with E-state index in [9.17, 15) is 9.59 Å². The molecule has 1 aromatic rings. The molecule has 1 heterocycles. The second-order valence-electron chi connectivity index (χ2n) is 5.96. The van der Waals surface area contributed by atoms with E-state index >= 15 is 0 Å². The lowest BCUT2D eigenvalue weighted by atomic mass is 10.1. The van der Waals surface area contributed by atoms with E-state index < -0.39 is 0 Å². The Labute approximate surface area is 124 Å². The average molecular weight is 288 g/mol. The van der Waals surface area contributed by atoms with Crippen molar-refractivity contribution in [2.45, 2.75) is 20.3 Å². The number of amides is 2. The smallest absolute Gasteiger partial charge is 0.338 e. The quantitative estimate of drug-likeness (QED) is 0.865. The molecular weight excluding hydrogens is 268 g/mol. The summed E-state index contributed by atoms with van der Waals surface area (Å²) in [6.45, 7) is 5.89. The fourth-order valence-electron chi connectivity index (χ4n) is 2.68. The van der Waals surface area contributed by atoms with Gasteiger partial charge in [-0.1, -0.05) is 6.92 Å². The number of hydrogen-bond acceptors (Lipinski definition) is 3. The number of esters is 1. The molecule has 21 heavy (non-hydrogen) atoms. The molecule has 0 aromatic heterocycles. The molecule has 1 saturated heterocycles. The van der Waals surface area contributed by atoms with Crippen molar-refractivity contribution in [1.29, 1.82) is 0 Å². The fraction of sp³-hybridized carbons (Fsp3) is 0.500. The van der Waals surface area contributed by atoms with E-state index in [1.165, 1.54) is 0 Å². The molecule has 1 aliphatic carbocycles. The molecule has 1 saturated carbocycles. The van der Waals surface area contributed by atoms with Gasteiger partial charge in [0.1, 0.15) is 0 Å². The Morgan fingerprint density at radius 2 is 2.24 bits per heavy atom. The number of nitrogens with zero attached hydrogens (tertiary/aromatic N) is 1. The molecule has 112 valence electrons. The third-order valence-corrected chi connectivity index (χ3v) is 4.28. The Morgan fingerprint density at radius 3 is 2.81 bits per heavy atom. The van der Waals surface area contributed by atoms with Crippen LogP contribution in [0.25, 0.3) is 0 Å². The largest absolute Gasteiger partial charge is 0.462 e. The minimum atomic E-state index is -0.283. The van der Waals surface area contributed by atoms with Crippen LogP contribution in [0, 0.1) is 18.8 Å². The van der Waals surface area contributed by atoms with Crippen LogP contribution in [-0.2, 0) is 4.74 Å². The normalized spacial score (nSPS) is 23.9. The monoisotopic (exact) mass is 288 g/mol. The van der Waals surface area contributed by atoms with Gasteiger partial charge in [-0.15, -0.1) is 0 Å². The molecule has 2 atom stereocenters. The topological polar surface area (TPSA) is 58.6 Å². The first-order chi connectivity index (χ1) is 10.1. The standard InChI is InChI=1S/C16H20N2O3/c1-10-7-13(10)9-21-15(19)12-3-4-14(11(2)8-12)18-6-5-17-16(18)20/h3-4,8,10,13H,5-7,9H2,1-2H3,(H,17,20)/t10-,13-/m1/s1. The molecule has 1 aromatic carbocycles. The number of urea groups is 1. The Balaban J connectivity index is 1.68. The molecule has 0 bridgehead atoms. The lowest BCUT2D eigenvalue weighted by Gasteiger charge is -2.17. The lowest BCUT2D eigenvalue weighted by molar-refractivity contribution is 0.0481. The van der Waals surface area contributed by atoms with E-state index in [-0.39, 0.29) is 12.0 Å². The van der Waals surface area contributed by atoms with Crippen molar-refractivity contribution in [3.63, 3.8) is 0 Å². The van der Waals surface area contributed by atoms with Crippen LogP contribution in [0.1, 0.15) is 29.3 Å². The Bertz CT molecular complexity index is 585. The molecule has 2 fully saturated rings. The summed E-state index contributed by atoms with van der Waals surface area (Å²) >= 11 is 0. The number of nitrogens with one attached hydrogen (secondary N) is 1. The zero-order valence-electron chi connectivity index (χ0n) is 12.4. The van der Waals surface area contributed by atoms with Crippen LogP contribution >= 0.6 is 0 Å². The maximum atomic E-state index is 12.0. The van der Waals surface area contributed by atoms with Crippen LogP contribution in [0.2, 0.25) is 0 Å². The van der Waals surface area contributed by atoms with Crippen molar-refractivity contribution in [2.24, 2.45) is 11.8 Å². The highest BCUT2D eigenvalue weighted by Gasteiger charge is 2.33. The summed E-state index contributed by atoms with van der Waals surface area (Å²) in [5.41, 5.74) is 2.29. The molecule has 0 spiro atoms. The predicted octanol–water partition coefficient (Wildman–Crippen LogP) is 2.34. The maximum Gasteiger partial charge on any atom is 0.338 e. The minimum Gasteiger partial charge on any atom is -0.462 e. The van der Waals surface area contributed by atoms with Gasteiger partial charge in [-0.05, 0) is 48.9 Å². The van der Waals surface area contributed by atoms with Gasteiger partial charge >= 0.3 is 12.0 Å². The summed E-state index contributed by atoms with van der Waals surface area (Å²) in [6, 6.07) is 5.25.